The molecule has 0 radical (unpaired) electrons. The normalized spacial score (nSPS) is 9.33. The number of nitrogens with zero attached hydrogens (tertiary/aromatic N) is 2. The van der Waals surface area contributed by atoms with Crippen LogP contribution >= 0.6 is 12.2 Å². The summed E-state index contributed by atoms with van der Waals surface area (Å²) in [7, 11) is 0. The van der Waals surface area contributed by atoms with E-state index in [0.29, 0.717) is 5.82 Å². The predicted molar refractivity (Wildman–Crippen MR) is 64.4 cm³/mol. The number of isothiocyanates is 1. The summed E-state index contributed by atoms with van der Waals surface area (Å²) in [5.41, 5.74) is 2.05. The van der Waals surface area contributed by atoms with Gasteiger partial charge >= 0.3 is 0 Å². The number of thiocarbonyl (C=S) groups is 1. The number of aliphatic imine (C=N–C) groups is 1. The molecule has 0 N–H and O–H groups in total. The molecule has 1 aromatic carbocycles. The molecule has 0 bridgehead atoms. The fourth-order valence-electron chi connectivity index (χ4n) is 1.37. The maximum Gasteiger partial charge on any atom is 0.170 e. The molecule has 0 atom stereocenters. The van der Waals surface area contributed by atoms with Gasteiger partial charge in [0.05, 0.1) is 5.16 Å². The maximum absolute atomic E-state index is 4.59. The van der Waals surface area contributed by atoms with Crippen LogP contribution in [0.4, 0.5) is 5.82 Å². The topological polar surface area (TPSA) is 25.2 Å². The molecule has 1 heterocycles. The van der Waals surface area contributed by atoms with Crippen molar-refractivity contribution in [1.29, 1.82) is 0 Å². The number of rotatable bonds is 2. The highest BCUT2D eigenvalue weighted by Gasteiger charge is 2.02. The van der Waals surface area contributed by atoms with E-state index in [1.165, 1.54) is 0 Å². The monoisotopic (exact) mass is 212 g/mol. The summed E-state index contributed by atoms with van der Waals surface area (Å²) >= 11 is 4.59. The van der Waals surface area contributed by atoms with E-state index in [0.717, 1.165) is 11.1 Å². The number of benzene rings is 1. The van der Waals surface area contributed by atoms with Gasteiger partial charge < -0.3 is 0 Å². The molecule has 2 rings (SSSR count). The Morgan fingerprint density at radius 1 is 1.07 bits per heavy atom. The molecule has 15 heavy (non-hydrogen) atoms. The molecule has 0 fully saturated rings. The lowest BCUT2D eigenvalue weighted by atomic mass is 10.1. The predicted octanol–water partition coefficient (Wildman–Crippen LogP) is 3.48. The van der Waals surface area contributed by atoms with Crippen molar-refractivity contribution < 1.29 is 0 Å². The molecule has 0 saturated carbocycles. The Balaban J connectivity index is 2.58. The lowest BCUT2D eigenvalue weighted by molar-refractivity contribution is 1.28. The quantitative estimate of drug-likeness (QED) is 0.562. The van der Waals surface area contributed by atoms with Crippen molar-refractivity contribution in [3.8, 4) is 11.1 Å². The second-order valence-electron chi connectivity index (χ2n) is 2.94. The first kappa shape index (κ1) is 9.71. The van der Waals surface area contributed by atoms with Gasteiger partial charge in [-0.15, -0.1) is 0 Å². The van der Waals surface area contributed by atoms with Crippen molar-refractivity contribution >= 4 is 23.2 Å². The molecule has 0 saturated heterocycles. The van der Waals surface area contributed by atoms with E-state index in [9.17, 15) is 0 Å². The number of aromatic nitrogens is 1. The summed E-state index contributed by atoms with van der Waals surface area (Å²) in [6.07, 6.45) is 1.69. The van der Waals surface area contributed by atoms with Gasteiger partial charge in [-0.05, 0) is 29.9 Å². The Hall–Kier alpha value is -1.83. The third-order valence-corrected chi connectivity index (χ3v) is 2.11. The van der Waals surface area contributed by atoms with Gasteiger partial charge in [0.1, 0.15) is 0 Å². The Morgan fingerprint density at radius 2 is 1.87 bits per heavy atom. The molecular weight excluding hydrogens is 204 g/mol. The van der Waals surface area contributed by atoms with Gasteiger partial charge in [-0.25, -0.2) is 4.98 Å². The number of hydrogen-bond donors (Lipinski definition) is 0. The Kier molecular flexibility index (Phi) is 2.98. The Labute approximate surface area is 93.3 Å². The van der Waals surface area contributed by atoms with Crippen LogP contribution in [0.1, 0.15) is 0 Å². The molecule has 2 nitrogen and oxygen atoms in total. The van der Waals surface area contributed by atoms with Crippen molar-refractivity contribution in [2.75, 3.05) is 0 Å². The van der Waals surface area contributed by atoms with E-state index < -0.39 is 0 Å². The number of pyridine rings is 1. The largest absolute Gasteiger partial charge is 0.236 e. The first-order valence-corrected chi connectivity index (χ1v) is 4.91. The van der Waals surface area contributed by atoms with Gasteiger partial charge in [0.25, 0.3) is 0 Å². The second kappa shape index (κ2) is 4.60. The van der Waals surface area contributed by atoms with Gasteiger partial charge in [0.15, 0.2) is 5.82 Å². The van der Waals surface area contributed by atoms with Crippen LogP contribution in [0.25, 0.3) is 11.1 Å². The molecule has 2 aromatic rings. The van der Waals surface area contributed by atoms with Crippen LogP contribution < -0.4 is 0 Å². The number of hydrogen-bond acceptors (Lipinski definition) is 3. The lowest BCUT2D eigenvalue weighted by Gasteiger charge is -2.02. The smallest absolute Gasteiger partial charge is 0.170 e. The standard InChI is InChI=1S/C12H8N2S/c15-9-14-12-11(7-4-8-13-12)10-5-2-1-3-6-10/h1-8H. The molecule has 72 valence electrons. The van der Waals surface area contributed by atoms with E-state index in [-0.39, 0.29) is 0 Å². The van der Waals surface area contributed by atoms with Crippen LogP contribution in [-0.2, 0) is 0 Å². The molecule has 0 aliphatic carbocycles. The first-order chi connectivity index (χ1) is 7.42. The highest BCUT2D eigenvalue weighted by atomic mass is 32.1. The molecule has 3 heteroatoms. The highest BCUT2D eigenvalue weighted by Crippen LogP contribution is 2.26. The van der Waals surface area contributed by atoms with Crippen LogP contribution in [0.2, 0.25) is 0 Å². The molecule has 0 aliphatic rings. The van der Waals surface area contributed by atoms with E-state index in [2.05, 4.69) is 27.4 Å². The van der Waals surface area contributed by atoms with Crippen molar-refractivity contribution in [3.63, 3.8) is 0 Å². The van der Waals surface area contributed by atoms with Crippen molar-refractivity contribution in [2.45, 2.75) is 0 Å². The third-order valence-electron chi connectivity index (χ3n) is 2.02. The zero-order chi connectivity index (χ0) is 10.5. The molecule has 1 aromatic heterocycles. The van der Waals surface area contributed by atoms with Gasteiger partial charge in [-0.3, -0.25) is 0 Å². The lowest BCUT2D eigenvalue weighted by Crippen LogP contribution is -1.80. The molecule has 0 aliphatic heterocycles. The summed E-state index contributed by atoms with van der Waals surface area (Å²) in [4.78, 5) is 8.09. The summed E-state index contributed by atoms with van der Waals surface area (Å²) in [6, 6.07) is 13.8. The highest BCUT2D eigenvalue weighted by molar-refractivity contribution is 7.78. The molecular formula is C12H8N2S. The van der Waals surface area contributed by atoms with Crippen LogP contribution in [0.3, 0.4) is 0 Å². The van der Waals surface area contributed by atoms with Crippen LogP contribution in [0, 0.1) is 0 Å². The summed E-state index contributed by atoms with van der Waals surface area (Å²) in [5, 5.41) is 2.34. The average molecular weight is 212 g/mol. The Bertz CT molecular complexity index is 502. The fraction of sp³-hybridized carbons (Fsp3) is 0. The van der Waals surface area contributed by atoms with Crippen LogP contribution in [-0.4, -0.2) is 10.1 Å². The minimum absolute atomic E-state index is 0.610. The maximum atomic E-state index is 4.59. The van der Waals surface area contributed by atoms with Crippen LogP contribution in [0.15, 0.2) is 53.7 Å². The summed E-state index contributed by atoms with van der Waals surface area (Å²) < 4.78 is 0. The summed E-state index contributed by atoms with van der Waals surface area (Å²) in [6.45, 7) is 0. The van der Waals surface area contributed by atoms with E-state index in [1.807, 2.05) is 42.5 Å². The zero-order valence-corrected chi connectivity index (χ0v) is 8.74. The SMILES string of the molecule is S=C=Nc1ncccc1-c1ccccc1. The van der Waals surface area contributed by atoms with Crippen molar-refractivity contribution in [2.24, 2.45) is 4.99 Å². The zero-order valence-electron chi connectivity index (χ0n) is 7.92. The van der Waals surface area contributed by atoms with Crippen LogP contribution in [0.5, 0.6) is 0 Å². The van der Waals surface area contributed by atoms with Gasteiger partial charge in [-0.2, -0.15) is 4.99 Å². The van der Waals surface area contributed by atoms with E-state index >= 15 is 0 Å². The Morgan fingerprint density at radius 3 is 2.60 bits per heavy atom. The van der Waals surface area contributed by atoms with Crippen molar-refractivity contribution in [3.05, 3.63) is 48.7 Å². The minimum atomic E-state index is 0.610. The van der Waals surface area contributed by atoms with Gasteiger partial charge in [0, 0.05) is 11.8 Å². The van der Waals surface area contributed by atoms with E-state index in [4.69, 9.17) is 0 Å². The average Bonchev–Trinajstić information content (AvgIpc) is 2.31. The second-order valence-corrected chi connectivity index (χ2v) is 3.13. The first-order valence-electron chi connectivity index (χ1n) is 4.50. The van der Waals surface area contributed by atoms with Crippen molar-refractivity contribution in [1.82, 2.24) is 4.98 Å². The van der Waals surface area contributed by atoms with E-state index in [1.54, 1.807) is 6.20 Å². The minimum Gasteiger partial charge on any atom is -0.236 e. The molecule has 0 spiro atoms. The fourth-order valence-corrected chi connectivity index (χ4v) is 1.46. The molecule has 0 unspecified atom stereocenters. The van der Waals surface area contributed by atoms with Gasteiger partial charge in [-0.1, -0.05) is 30.3 Å². The van der Waals surface area contributed by atoms with Gasteiger partial charge in [0.2, 0.25) is 0 Å². The molecule has 0 amide bonds. The third kappa shape index (κ3) is 2.15. The summed E-state index contributed by atoms with van der Waals surface area (Å²) in [5.74, 6) is 0.610.